The van der Waals surface area contributed by atoms with E-state index in [1.807, 2.05) is 44.3 Å². The molecule has 0 saturated carbocycles. The van der Waals surface area contributed by atoms with Crippen LogP contribution in [-0.2, 0) is 6.54 Å². The summed E-state index contributed by atoms with van der Waals surface area (Å²) in [4.78, 5) is 4.34. The summed E-state index contributed by atoms with van der Waals surface area (Å²) < 4.78 is 5.79. The number of pyridine rings is 1. The average Bonchev–Trinajstić information content (AvgIpc) is 2.47. The number of hydrogen-bond donors (Lipinski definition) is 1. The molecule has 1 aromatic heterocycles. The minimum atomic E-state index is 0.593. The predicted octanol–water partition coefficient (Wildman–Crippen LogP) is 4.64. The maximum atomic E-state index is 6.16. The van der Waals surface area contributed by atoms with Crippen LogP contribution in [-0.4, -0.2) is 11.5 Å². The molecule has 0 spiro atoms. The van der Waals surface area contributed by atoms with Crippen molar-refractivity contribution in [2.24, 2.45) is 0 Å². The molecule has 21 heavy (non-hydrogen) atoms. The number of nitrogens with zero attached hydrogens (tertiary/aromatic N) is 1. The summed E-state index contributed by atoms with van der Waals surface area (Å²) in [5.41, 5.74) is 3.17. The Morgan fingerprint density at radius 2 is 1.90 bits per heavy atom. The van der Waals surface area contributed by atoms with Crippen LogP contribution in [0, 0.1) is 13.8 Å². The number of aromatic nitrogens is 1. The number of aryl methyl sites for hydroxylation is 2. The third-order valence-corrected chi connectivity index (χ3v) is 3.78. The van der Waals surface area contributed by atoms with Gasteiger partial charge in [-0.05, 0) is 55.6 Å². The molecule has 0 radical (unpaired) electrons. The van der Waals surface area contributed by atoms with Crippen LogP contribution in [0.15, 0.2) is 30.5 Å². The number of benzene rings is 1. The van der Waals surface area contributed by atoms with Crippen LogP contribution in [0.2, 0.25) is 5.02 Å². The smallest absolute Gasteiger partial charge is 0.219 e. The van der Waals surface area contributed by atoms with E-state index >= 15 is 0 Å². The van der Waals surface area contributed by atoms with Gasteiger partial charge in [0.1, 0.15) is 5.75 Å². The first-order valence-electron chi connectivity index (χ1n) is 7.20. The summed E-state index contributed by atoms with van der Waals surface area (Å²) in [6, 6.07) is 7.77. The van der Waals surface area contributed by atoms with Gasteiger partial charge in [-0.1, -0.05) is 24.6 Å². The maximum absolute atomic E-state index is 6.16. The highest BCUT2D eigenvalue weighted by Crippen LogP contribution is 2.28. The molecule has 1 N–H and O–H groups in total. The Balaban J connectivity index is 2.03. The number of rotatable bonds is 6. The average molecular weight is 305 g/mol. The molecule has 2 aromatic rings. The summed E-state index contributed by atoms with van der Waals surface area (Å²) in [6.07, 6.45) is 2.97. The first kappa shape index (κ1) is 15.8. The first-order valence-corrected chi connectivity index (χ1v) is 7.58. The van der Waals surface area contributed by atoms with E-state index in [0.717, 1.165) is 47.0 Å². The van der Waals surface area contributed by atoms with Crippen molar-refractivity contribution in [3.8, 4) is 11.6 Å². The topological polar surface area (TPSA) is 34.1 Å². The van der Waals surface area contributed by atoms with Crippen molar-refractivity contribution in [2.45, 2.75) is 33.7 Å². The highest BCUT2D eigenvalue weighted by Gasteiger charge is 2.05. The Labute approximate surface area is 131 Å². The van der Waals surface area contributed by atoms with Crippen LogP contribution in [0.5, 0.6) is 11.6 Å². The molecule has 0 saturated heterocycles. The first-order chi connectivity index (χ1) is 10.1. The van der Waals surface area contributed by atoms with E-state index in [4.69, 9.17) is 16.3 Å². The number of nitrogens with one attached hydrogen (secondary N) is 1. The van der Waals surface area contributed by atoms with Crippen molar-refractivity contribution >= 4 is 11.6 Å². The number of hydrogen-bond acceptors (Lipinski definition) is 3. The fraction of sp³-hybridized carbons (Fsp3) is 0.353. The van der Waals surface area contributed by atoms with Crippen LogP contribution >= 0.6 is 11.6 Å². The Morgan fingerprint density at radius 3 is 2.48 bits per heavy atom. The standard InChI is InChI=1S/C17H21ClN2O/c1-4-7-19-10-14-5-6-16(20-11-14)21-15-8-12(2)17(18)13(3)9-15/h5-6,8-9,11,19H,4,7,10H2,1-3H3. The molecule has 0 fully saturated rings. The molecule has 0 atom stereocenters. The van der Waals surface area contributed by atoms with Crippen LogP contribution in [0.3, 0.4) is 0 Å². The van der Waals surface area contributed by atoms with Gasteiger partial charge in [0.05, 0.1) is 0 Å². The Kier molecular flexibility index (Phi) is 5.59. The van der Waals surface area contributed by atoms with E-state index in [2.05, 4.69) is 17.2 Å². The van der Waals surface area contributed by atoms with Gasteiger partial charge >= 0.3 is 0 Å². The molecule has 0 aliphatic rings. The third-order valence-electron chi connectivity index (χ3n) is 3.19. The van der Waals surface area contributed by atoms with E-state index in [1.165, 1.54) is 0 Å². The second-order valence-corrected chi connectivity index (χ2v) is 5.53. The molecule has 112 valence electrons. The summed E-state index contributed by atoms with van der Waals surface area (Å²) in [7, 11) is 0. The van der Waals surface area contributed by atoms with Gasteiger partial charge in [0.2, 0.25) is 5.88 Å². The van der Waals surface area contributed by atoms with Gasteiger partial charge in [0.25, 0.3) is 0 Å². The minimum absolute atomic E-state index is 0.593. The zero-order valence-electron chi connectivity index (χ0n) is 12.7. The second-order valence-electron chi connectivity index (χ2n) is 5.15. The predicted molar refractivity (Wildman–Crippen MR) is 87.2 cm³/mol. The van der Waals surface area contributed by atoms with E-state index in [-0.39, 0.29) is 0 Å². The summed E-state index contributed by atoms with van der Waals surface area (Å²) in [6.45, 7) is 7.94. The van der Waals surface area contributed by atoms with Gasteiger partial charge < -0.3 is 10.1 Å². The quantitative estimate of drug-likeness (QED) is 0.789. The molecule has 2 rings (SSSR count). The monoisotopic (exact) mass is 304 g/mol. The molecule has 0 amide bonds. The number of halogens is 1. The summed E-state index contributed by atoms with van der Waals surface area (Å²) >= 11 is 6.16. The van der Waals surface area contributed by atoms with Crippen LogP contribution in [0.4, 0.5) is 0 Å². The summed E-state index contributed by atoms with van der Waals surface area (Å²) in [5, 5.41) is 4.13. The van der Waals surface area contributed by atoms with Crippen LogP contribution < -0.4 is 10.1 Å². The van der Waals surface area contributed by atoms with Gasteiger partial charge in [-0.2, -0.15) is 0 Å². The van der Waals surface area contributed by atoms with Crippen LogP contribution in [0.1, 0.15) is 30.0 Å². The van der Waals surface area contributed by atoms with Gasteiger partial charge in [0.15, 0.2) is 0 Å². The van der Waals surface area contributed by atoms with Crippen molar-refractivity contribution in [3.63, 3.8) is 0 Å². The van der Waals surface area contributed by atoms with Gasteiger partial charge in [-0.25, -0.2) is 4.98 Å². The zero-order chi connectivity index (χ0) is 15.2. The lowest BCUT2D eigenvalue weighted by molar-refractivity contribution is 0.461. The summed E-state index contributed by atoms with van der Waals surface area (Å²) in [5.74, 6) is 1.36. The van der Waals surface area contributed by atoms with Gasteiger partial charge in [0, 0.05) is 23.8 Å². The van der Waals surface area contributed by atoms with E-state index in [9.17, 15) is 0 Å². The molecule has 0 unspecified atom stereocenters. The van der Waals surface area contributed by atoms with E-state index in [0.29, 0.717) is 5.88 Å². The molecular weight excluding hydrogens is 284 g/mol. The van der Waals surface area contributed by atoms with Crippen molar-refractivity contribution < 1.29 is 4.74 Å². The molecular formula is C17H21ClN2O. The lowest BCUT2D eigenvalue weighted by Crippen LogP contribution is -2.13. The van der Waals surface area contributed by atoms with Crippen molar-refractivity contribution in [3.05, 3.63) is 52.2 Å². The second kappa shape index (κ2) is 7.43. The van der Waals surface area contributed by atoms with E-state index < -0.39 is 0 Å². The maximum Gasteiger partial charge on any atom is 0.219 e. The zero-order valence-corrected chi connectivity index (χ0v) is 13.5. The fourth-order valence-corrected chi connectivity index (χ4v) is 2.18. The SMILES string of the molecule is CCCNCc1ccc(Oc2cc(C)c(Cl)c(C)c2)nc1. The Morgan fingerprint density at radius 1 is 1.19 bits per heavy atom. The molecule has 0 aliphatic heterocycles. The van der Waals surface area contributed by atoms with Crippen LogP contribution in [0.25, 0.3) is 0 Å². The Bertz CT molecular complexity index is 573. The minimum Gasteiger partial charge on any atom is -0.439 e. The largest absolute Gasteiger partial charge is 0.439 e. The molecule has 0 bridgehead atoms. The Hall–Kier alpha value is -1.58. The molecule has 0 aliphatic carbocycles. The normalized spacial score (nSPS) is 10.7. The lowest BCUT2D eigenvalue weighted by Gasteiger charge is -2.09. The highest BCUT2D eigenvalue weighted by molar-refractivity contribution is 6.32. The molecule has 1 aromatic carbocycles. The van der Waals surface area contributed by atoms with Crippen molar-refractivity contribution in [1.82, 2.24) is 10.3 Å². The molecule has 3 nitrogen and oxygen atoms in total. The molecule has 4 heteroatoms. The van der Waals surface area contributed by atoms with Gasteiger partial charge in [-0.15, -0.1) is 0 Å². The van der Waals surface area contributed by atoms with E-state index in [1.54, 1.807) is 0 Å². The van der Waals surface area contributed by atoms with Crippen molar-refractivity contribution in [2.75, 3.05) is 6.54 Å². The van der Waals surface area contributed by atoms with Gasteiger partial charge in [-0.3, -0.25) is 0 Å². The van der Waals surface area contributed by atoms with Crippen molar-refractivity contribution in [1.29, 1.82) is 0 Å². The third kappa shape index (κ3) is 4.45. The molecule has 1 heterocycles. The lowest BCUT2D eigenvalue weighted by atomic mass is 10.1. The fourth-order valence-electron chi connectivity index (χ4n) is 2.07. The highest BCUT2D eigenvalue weighted by atomic mass is 35.5. The number of ether oxygens (including phenoxy) is 1.